The van der Waals surface area contributed by atoms with Crippen molar-refractivity contribution < 1.29 is 27.9 Å². The average Bonchev–Trinajstić information content (AvgIpc) is 3.57. The molecule has 0 spiro atoms. The minimum atomic E-state index is -3.34. The number of aliphatic hydroxyl groups is 1. The molecular weight excluding hydrogens is 468 g/mol. The number of carbonyl (C=O) groups excluding carboxylic acids is 1. The molecule has 176 valence electrons. The van der Waals surface area contributed by atoms with Crippen molar-refractivity contribution in [3.05, 3.63) is 42.2 Å². The van der Waals surface area contributed by atoms with Crippen molar-refractivity contribution in [2.45, 2.75) is 40.5 Å². The molecule has 0 radical (unpaired) electrons. The molecular formula is C21H24N4O6S2. The van der Waals surface area contributed by atoms with Crippen LogP contribution in [0.25, 0.3) is 0 Å². The van der Waals surface area contributed by atoms with Gasteiger partial charge in [0.15, 0.2) is 27.5 Å². The molecule has 2 aromatic rings. The van der Waals surface area contributed by atoms with Gasteiger partial charge in [0, 0.05) is 17.7 Å². The number of rotatable bonds is 10. The predicted octanol–water partition coefficient (Wildman–Crippen LogP) is 1.65. The number of hydrogen-bond donors (Lipinski definition) is 2. The number of aliphatic hydroxyl groups excluding tert-OH is 1. The number of oxime groups is 1. The van der Waals surface area contributed by atoms with Crippen LogP contribution in [0.15, 0.2) is 51.7 Å². The van der Waals surface area contributed by atoms with Crippen LogP contribution in [0.1, 0.15) is 24.8 Å². The zero-order valence-electron chi connectivity index (χ0n) is 17.7. The number of hydrogen-bond acceptors (Lipinski definition) is 10. The quantitative estimate of drug-likeness (QED) is 0.288. The molecule has 1 saturated carbocycles. The molecule has 1 aliphatic carbocycles. The Balaban J connectivity index is 1.52. The summed E-state index contributed by atoms with van der Waals surface area (Å²) in [4.78, 5) is 27.1. The smallest absolute Gasteiger partial charge is 0.279 e. The van der Waals surface area contributed by atoms with Gasteiger partial charge in [-0.05, 0) is 25.0 Å². The van der Waals surface area contributed by atoms with E-state index in [2.05, 4.69) is 20.4 Å². The largest absolute Gasteiger partial charge is 0.396 e. The third kappa shape index (κ3) is 6.08. The minimum absolute atomic E-state index is 0.0159. The number of thioether (sulfide) groups is 1. The summed E-state index contributed by atoms with van der Waals surface area (Å²) in [5.74, 6) is 0.140. The maximum Gasteiger partial charge on any atom is 0.279 e. The standard InChI is InChI=1S/C21H24N4O6S2/c26-8-10-32-19-12-22-18(11-23-19)24-21(27)20(25-31-15-7-9-30-13-15)14-1-3-16(4-2-14)33(28,29)17-5-6-17/h1-4,11-12,15,17,26H,5-10,13H2,(H,22,24,27)/t15-/m1/s1. The highest BCUT2D eigenvalue weighted by molar-refractivity contribution is 7.99. The maximum absolute atomic E-state index is 13.0. The Labute approximate surface area is 195 Å². The van der Waals surface area contributed by atoms with Crippen LogP contribution in [0.5, 0.6) is 0 Å². The van der Waals surface area contributed by atoms with Crippen LogP contribution in [0.4, 0.5) is 5.82 Å². The van der Waals surface area contributed by atoms with Crippen molar-refractivity contribution in [1.82, 2.24) is 9.97 Å². The van der Waals surface area contributed by atoms with E-state index in [4.69, 9.17) is 14.7 Å². The molecule has 2 fully saturated rings. The predicted molar refractivity (Wildman–Crippen MR) is 122 cm³/mol. The summed E-state index contributed by atoms with van der Waals surface area (Å²) in [7, 11) is -3.34. The summed E-state index contributed by atoms with van der Waals surface area (Å²) in [5.41, 5.74) is 0.391. The number of aromatic nitrogens is 2. The SMILES string of the molecule is O=C(Nc1cnc(SCCO)cn1)C(=NO[C@@H]1CCOC1)c1ccc(S(=O)(=O)C2CC2)cc1. The lowest BCUT2D eigenvalue weighted by atomic mass is 10.1. The molecule has 4 rings (SSSR count). The Morgan fingerprint density at radius 2 is 2.00 bits per heavy atom. The van der Waals surface area contributed by atoms with Gasteiger partial charge in [-0.3, -0.25) is 4.79 Å². The molecule has 33 heavy (non-hydrogen) atoms. The number of nitrogens with zero attached hydrogens (tertiary/aromatic N) is 3. The molecule has 1 aromatic heterocycles. The number of carbonyl (C=O) groups is 1. The van der Waals surface area contributed by atoms with Crippen molar-refractivity contribution >= 4 is 39.0 Å². The first kappa shape index (κ1) is 23.6. The van der Waals surface area contributed by atoms with Crippen molar-refractivity contribution in [2.24, 2.45) is 5.16 Å². The number of ether oxygens (including phenoxy) is 1. The van der Waals surface area contributed by atoms with E-state index in [0.717, 1.165) is 0 Å². The van der Waals surface area contributed by atoms with E-state index < -0.39 is 15.7 Å². The molecule has 2 aliphatic rings. The molecule has 12 heteroatoms. The first-order chi connectivity index (χ1) is 16.0. The van der Waals surface area contributed by atoms with Crippen molar-refractivity contribution in [3.63, 3.8) is 0 Å². The molecule has 1 saturated heterocycles. The van der Waals surface area contributed by atoms with Gasteiger partial charge in [0.2, 0.25) is 0 Å². The average molecular weight is 493 g/mol. The fraction of sp³-hybridized carbons (Fsp3) is 0.429. The lowest BCUT2D eigenvalue weighted by molar-refractivity contribution is -0.110. The Kier molecular flexibility index (Phi) is 7.58. The van der Waals surface area contributed by atoms with Gasteiger partial charge in [-0.25, -0.2) is 18.4 Å². The van der Waals surface area contributed by atoms with Crippen LogP contribution < -0.4 is 5.32 Å². The lowest BCUT2D eigenvalue weighted by Gasteiger charge is -2.11. The van der Waals surface area contributed by atoms with Crippen molar-refractivity contribution in [3.8, 4) is 0 Å². The number of benzene rings is 1. The van der Waals surface area contributed by atoms with Crippen LogP contribution in [0.2, 0.25) is 0 Å². The van der Waals surface area contributed by atoms with Gasteiger partial charge in [-0.1, -0.05) is 17.3 Å². The van der Waals surface area contributed by atoms with E-state index in [1.54, 1.807) is 12.1 Å². The Bertz CT molecular complexity index is 1100. The minimum Gasteiger partial charge on any atom is -0.396 e. The van der Waals surface area contributed by atoms with E-state index in [1.807, 2.05) is 0 Å². The Hall–Kier alpha value is -2.54. The Morgan fingerprint density at radius 1 is 1.21 bits per heavy atom. The number of amides is 1. The highest BCUT2D eigenvalue weighted by Gasteiger charge is 2.36. The zero-order chi connectivity index (χ0) is 23.3. The van der Waals surface area contributed by atoms with E-state index in [0.29, 0.717) is 48.8 Å². The van der Waals surface area contributed by atoms with Crippen LogP contribution in [-0.2, 0) is 24.2 Å². The van der Waals surface area contributed by atoms with Crippen molar-refractivity contribution in [1.29, 1.82) is 0 Å². The molecule has 1 amide bonds. The fourth-order valence-electron chi connectivity index (χ4n) is 3.10. The topological polar surface area (TPSA) is 140 Å². The molecule has 0 bridgehead atoms. The maximum atomic E-state index is 13.0. The van der Waals surface area contributed by atoms with Crippen LogP contribution in [0, 0.1) is 0 Å². The lowest BCUT2D eigenvalue weighted by Crippen LogP contribution is -2.26. The summed E-state index contributed by atoms with van der Waals surface area (Å²) in [6, 6.07) is 6.06. The molecule has 0 unspecified atom stereocenters. The zero-order valence-corrected chi connectivity index (χ0v) is 19.3. The van der Waals surface area contributed by atoms with E-state index in [1.165, 1.54) is 36.3 Å². The molecule has 1 aliphatic heterocycles. The normalized spacial score (nSPS) is 18.8. The highest BCUT2D eigenvalue weighted by Crippen LogP contribution is 2.33. The van der Waals surface area contributed by atoms with Gasteiger partial charge in [-0.15, -0.1) is 11.8 Å². The fourth-order valence-corrected chi connectivity index (χ4v) is 5.31. The van der Waals surface area contributed by atoms with Gasteiger partial charge >= 0.3 is 0 Å². The summed E-state index contributed by atoms with van der Waals surface area (Å²) >= 11 is 1.34. The second-order valence-corrected chi connectivity index (χ2v) is 10.9. The number of nitrogens with one attached hydrogen (secondary N) is 1. The molecule has 1 aromatic carbocycles. The third-order valence-corrected chi connectivity index (χ3v) is 8.20. The highest BCUT2D eigenvalue weighted by atomic mass is 32.2. The van der Waals surface area contributed by atoms with E-state index >= 15 is 0 Å². The van der Waals surface area contributed by atoms with Crippen LogP contribution in [0.3, 0.4) is 0 Å². The summed E-state index contributed by atoms with van der Waals surface area (Å²) in [6.45, 7) is 0.971. The van der Waals surface area contributed by atoms with Gasteiger partial charge in [-0.2, -0.15) is 0 Å². The van der Waals surface area contributed by atoms with Crippen molar-refractivity contribution in [2.75, 3.05) is 30.9 Å². The third-order valence-electron chi connectivity index (χ3n) is 5.03. The van der Waals surface area contributed by atoms with Crippen LogP contribution >= 0.6 is 11.8 Å². The summed E-state index contributed by atoms with van der Waals surface area (Å²) < 4.78 is 30.2. The van der Waals surface area contributed by atoms with E-state index in [-0.39, 0.29) is 34.4 Å². The Morgan fingerprint density at radius 3 is 2.61 bits per heavy atom. The number of sulfone groups is 1. The second kappa shape index (κ2) is 10.6. The first-order valence-electron chi connectivity index (χ1n) is 10.5. The van der Waals surface area contributed by atoms with E-state index in [9.17, 15) is 13.2 Å². The molecule has 1 atom stereocenters. The van der Waals surface area contributed by atoms with Gasteiger partial charge in [0.1, 0.15) is 5.03 Å². The summed E-state index contributed by atoms with van der Waals surface area (Å²) in [6.07, 6.45) is 4.66. The molecule has 2 heterocycles. The summed E-state index contributed by atoms with van der Waals surface area (Å²) in [5, 5.41) is 15.9. The molecule has 2 N–H and O–H groups in total. The van der Waals surface area contributed by atoms with Gasteiger partial charge in [0.05, 0.1) is 42.4 Å². The molecule has 10 nitrogen and oxygen atoms in total. The van der Waals surface area contributed by atoms with Crippen LogP contribution in [-0.4, -0.2) is 72.0 Å². The second-order valence-electron chi connectivity index (χ2n) is 7.57. The number of anilines is 1. The monoisotopic (exact) mass is 492 g/mol. The van der Waals surface area contributed by atoms with Gasteiger partial charge < -0.3 is 20.0 Å². The first-order valence-corrected chi connectivity index (χ1v) is 13.0. The van der Waals surface area contributed by atoms with Gasteiger partial charge in [0.25, 0.3) is 5.91 Å².